The maximum absolute atomic E-state index is 12.6. The van der Waals surface area contributed by atoms with Gasteiger partial charge in [0.05, 0.1) is 25.7 Å². The number of benzene rings is 1. The van der Waals surface area contributed by atoms with Crippen molar-refractivity contribution in [2.75, 3.05) is 19.1 Å². The molecular weight excluding hydrogens is 376 g/mol. The fraction of sp³-hybridized carbons (Fsp3) is 0.381. The Hall–Kier alpha value is -2.06. The molecule has 0 aromatic heterocycles. The first kappa shape index (κ1) is 20.7. The van der Waals surface area contributed by atoms with Crippen LogP contribution in [0, 0.1) is 0 Å². The highest BCUT2D eigenvalue weighted by Gasteiger charge is 2.51. The second-order valence-corrected chi connectivity index (χ2v) is 7.64. The van der Waals surface area contributed by atoms with E-state index < -0.39 is 11.5 Å². The Kier molecular flexibility index (Phi) is 6.96. The molecule has 0 radical (unpaired) electrons. The minimum absolute atomic E-state index is 0.275. The predicted molar refractivity (Wildman–Crippen MR) is 110 cm³/mol. The Bertz CT molecular complexity index is 726. The van der Waals surface area contributed by atoms with E-state index >= 15 is 0 Å². The van der Waals surface area contributed by atoms with Crippen molar-refractivity contribution in [3.05, 3.63) is 72.8 Å². The molecule has 2 aliphatic rings. The van der Waals surface area contributed by atoms with Crippen molar-refractivity contribution >= 4 is 17.8 Å². The molecule has 28 heavy (non-hydrogen) atoms. The molecule has 2 unspecified atom stereocenters. The van der Waals surface area contributed by atoms with Gasteiger partial charge in [0.1, 0.15) is 5.60 Å². The topological polar surface area (TPSA) is 60.0 Å². The Morgan fingerprint density at radius 3 is 2.75 bits per heavy atom. The van der Waals surface area contributed by atoms with E-state index in [1.165, 1.54) is 0 Å². The van der Waals surface area contributed by atoms with Gasteiger partial charge >= 0.3 is 6.03 Å². The van der Waals surface area contributed by atoms with E-state index in [1.54, 1.807) is 35.0 Å². The maximum Gasteiger partial charge on any atom is 0.326 e. The lowest BCUT2D eigenvalue weighted by molar-refractivity contribution is -0.207. The van der Waals surface area contributed by atoms with Crippen molar-refractivity contribution in [3.63, 3.8) is 0 Å². The predicted octanol–water partition coefficient (Wildman–Crippen LogP) is 3.98. The lowest BCUT2D eigenvalue weighted by Gasteiger charge is -2.33. The molecular formula is C21H26N2O4S. The highest BCUT2D eigenvalue weighted by atomic mass is 32.2. The number of carbonyl (C=O) groups is 1. The molecule has 2 amide bonds. The highest BCUT2D eigenvalue weighted by Crippen LogP contribution is 2.36. The SMILES string of the molecule is C=CCC1(COCc2ccccc2)COC(CC=C)(NC(=O)N2C=CSC2)O1. The number of thioether (sulfide) groups is 1. The van der Waals surface area contributed by atoms with Crippen LogP contribution < -0.4 is 5.32 Å². The summed E-state index contributed by atoms with van der Waals surface area (Å²) in [4.78, 5) is 14.1. The van der Waals surface area contributed by atoms with Crippen LogP contribution in [-0.4, -0.2) is 41.5 Å². The number of ether oxygens (including phenoxy) is 3. The Morgan fingerprint density at radius 1 is 1.29 bits per heavy atom. The third-order valence-corrected chi connectivity index (χ3v) is 5.21. The van der Waals surface area contributed by atoms with Crippen LogP contribution >= 0.6 is 11.8 Å². The summed E-state index contributed by atoms with van der Waals surface area (Å²) in [7, 11) is 0. The zero-order valence-corrected chi connectivity index (χ0v) is 16.7. The van der Waals surface area contributed by atoms with Crippen molar-refractivity contribution in [1.82, 2.24) is 10.2 Å². The van der Waals surface area contributed by atoms with Crippen LogP contribution in [0.2, 0.25) is 0 Å². The van der Waals surface area contributed by atoms with Gasteiger partial charge in [-0.2, -0.15) is 0 Å². The van der Waals surface area contributed by atoms with Crippen molar-refractivity contribution in [2.24, 2.45) is 0 Å². The van der Waals surface area contributed by atoms with Crippen molar-refractivity contribution in [3.8, 4) is 0 Å². The van der Waals surface area contributed by atoms with Gasteiger partial charge in [0, 0.05) is 12.6 Å². The maximum atomic E-state index is 12.6. The van der Waals surface area contributed by atoms with Gasteiger partial charge in [0.25, 0.3) is 5.91 Å². The first-order valence-electron chi connectivity index (χ1n) is 9.15. The molecule has 2 heterocycles. The van der Waals surface area contributed by atoms with Crippen molar-refractivity contribution in [1.29, 1.82) is 0 Å². The molecule has 0 spiro atoms. The molecule has 7 heteroatoms. The number of urea groups is 1. The monoisotopic (exact) mass is 402 g/mol. The quantitative estimate of drug-likeness (QED) is 0.633. The van der Waals surface area contributed by atoms with Crippen LogP contribution in [0.4, 0.5) is 4.79 Å². The zero-order valence-electron chi connectivity index (χ0n) is 15.8. The average Bonchev–Trinajstić information content (AvgIpc) is 3.33. The second-order valence-electron chi connectivity index (χ2n) is 6.77. The number of hydrogen-bond acceptors (Lipinski definition) is 5. The summed E-state index contributed by atoms with van der Waals surface area (Å²) < 4.78 is 18.2. The summed E-state index contributed by atoms with van der Waals surface area (Å²) >= 11 is 1.55. The van der Waals surface area contributed by atoms with Gasteiger partial charge in [0.15, 0.2) is 0 Å². The summed E-state index contributed by atoms with van der Waals surface area (Å²) in [6.45, 7) is 8.69. The minimum Gasteiger partial charge on any atom is -0.374 e. The van der Waals surface area contributed by atoms with Gasteiger partial charge in [-0.1, -0.05) is 42.5 Å². The van der Waals surface area contributed by atoms with Crippen molar-refractivity contribution < 1.29 is 19.0 Å². The van der Waals surface area contributed by atoms with Gasteiger partial charge in [-0.05, 0) is 17.4 Å². The molecule has 0 aliphatic carbocycles. The smallest absolute Gasteiger partial charge is 0.326 e. The molecule has 1 saturated heterocycles. The third kappa shape index (κ3) is 5.05. The normalized spacial score (nSPS) is 26.4. The molecule has 1 aromatic rings. The standard InChI is InChI=1S/C21H26N2O4S/c1-3-10-20(15-25-14-18-8-6-5-7-9-18)16-26-21(27-20,11-4-2)22-19(24)23-12-13-28-17-23/h3-9,12-13H,1-2,10-11,14-17H2,(H,22,24). The Balaban J connectivity index is 1.66. The van der Waals surface area contributed by atoms with Gasteiger partial charge in [0.2, 0.25) is 0 Å². The van der Waals surface area contributed by atoms with Gasteiger partial charge in [-0.3, -0.25) is 10.2 Å². The second kappa shape index (κ2) is 9.43. The van der Waals surface area contributed by atoms with Gasteiger partial charge in [-0.15, -0.1) is 24.9 Å². The molecule has 3 rings (SSSR count). The van der Waals surface area contributed by atoms with Gasteiger partial charge in [-0.25, -0.2) is 4.79 Å². The highest BCUT2D eigenvalue weighted by molar-refractivity contribution is 8.02. The molecule has 1 fully saturated rings. The van der Waals surface area contributed by atoms with Crippen LogP contribution in [0.25, 0.3) is 0 Å². The Morgan fingerprint density at radius 2 is 2.07 bits per heavy atom. The number of rotatable bonds is 9. The number of hydrogen-bond donors (Lipinski definition) is 1. The van der Waals surface area contributed by atoms with E-state index in [2.05, 4.69) is 18.5 Å². The minimum atomic E-state index is -1.26. The fourth-order valence-electron chi connectivity index (χ4n) is 3.13. The van der Waals surface area contributed by atoms with E-state index in [-0.39, 0.29) is 12.6 Å². The van der Waals surface area contributed by atoms with Crippen LogP contribution in [0.1, 0.15) is 18.4 Å². The van der Waals surface area contributed by atoms with E-state index in [1.807, 2.05) is 35.7 Å². The van der Waals surface area contributed by atoms with Gasteiger partial charge < -0.3 is 14.2 Å². The van der Waals surface area contributed by atoms with Crippen LogP contribution in [0.3, 0.4) is 0 Å². The Labute approximate surface area is 170 Å². The summed E-state index contributed by atoms with van der Waals surface area (Å²) in [5, 5.41) is 4.74. The zero-order chi connectivity index (χ0) is 19.9. The molecule has 0 saturated carbocycles. The van der Waals surface area contributed by atoms with E-state index in [0.29, 0.717) is 31.9 Å². The molecule has 150 valence electrons. The van der Waals surface area contributed by atoms with Crippen molar-refractivity contribution in [2.45, 2.75) is 31.0 Å². The van der Waals surface area contributed by atoms with Crippen LogP contribution in [0.5, 0.6) is 0 Å². The van der Waals surface area contributed by atoms with E-state index in [4.69, 9.17) is 14.2 Å². The first-order chi connectivity index (χ1) is 13.6. The molecule has 6 nitrogen and oxygen atoms in total. The summed E-state index contributed by atoms with van der Waals surface area (Å²) in [6, 6.07) is 9.66. The first-order valence-corrected chi connectivity index (χ1v) is 10.2. The van der Waals surface area contributed by atoms with E-state index in [0.717, 1.165) is 5.56 Å². The number of nitrogens with zero attached hydrogens (tertiary/aromatic N) is 1. The number of nitrogens with one attached hydrogen (secondary N) is 1. The molecule has 2 atom stereocenters. The van der Waals surface area contributed by atoms with E-state index in [9.17, 15) is 4.79 Å². The largest absolute Gasteiger partial charge is 0.374 e. The summed E-state index contributed by atoms with van der Waals surface area (Å²) in [6.07, 6.45) is 6.04. The molecule has 1 aromatic carbocycles. The fourth-order valence-corrected chi connectivity index (χ4v) is 3.81. The molecule has 1 N–H and O–H groups in total. The lowest BCUT2D eigenvalue weighted by Crippen LogP contribution is -2.54. The number of amides is 2. The summed E-state index contributed by atoms with van der Waals surface area (Å²) in [5.74, 6) is -0.701. The summed E-state index contributed by atoms with van der Waals surface area (Å²) in [5.41, 5.74) is 0.363. The van der Waals surface area contributed by atoms with Crippen LogP contribution in [-0.2, 0) is 20.8 Å². The molecule has 2 aliphatic heterocycles. The lowest BCUT2D eigenvalue weighted by atomic mass is 10.0. The van der Waals surface area contributed by atoms with Crippen LogP contribution in [0.15, 0.2) is 67.2 Å². The number of carbonyl (C=O) groups excluding carboxylic acids is 1. The average molecular weight is 403 g/mol. The molecule has 0 bridgehead atoms. The third-order valence-electron chi connectivity index (χ3n) is 4.46.